The van der Waals surface area contributed by atoms with Gasteiger partial charge in [-0.3, -0.25) is 14.5 Å². The molecule has 0 saturated carbocycles. The Morgan fingerprint density at radius 1 is 1.26 bits per heavy atom. The van der Waals surface area contributed by atoms with Crippen LogP contribution < -0.4 is 5.32 Å². The molecule has 0 saturated heterocycles. The van der Waals surface area contributed by atoms with Crippen LogP contribution in [0, 0.1) is 0 Å². The molecule has 2 N–H and O–H groups in total. The molecule has 5 rings (SSSR count). The Bertz CT molecular complexity index is 1420. The van der Waals surface area contributed by atoms with E-state index in [4.69, 9.17) is 16.6 Å². The normalized spacial score (nSPS) is 12.4. The molecule has 0 fully saturated rings. The number of nitrogens with zero attached hydrogens (tertiary/aromatic N) is 5. The van der Waals surface area contributed by atoms with E-state index in [9.17, 15) is 4.79 Å². The molecule has 0 bridgehead atoms. The van der Waals surface area contributed by atoms with Crippen LogP contribution in [0.4, 0.5) is 0 Å². The van der Waals surface area contributed by atoms with Gasteiger partial charge in [-0.25, -0.2) is 9.97 Å². The molecule has 1 amide bonds. The number of fused-ring (bicyclic) bond motifs is 2. The summed E-state index contributed by atoms with van der Waals surface area (Å²) >= 11 is 6.13. The zero-order valence-electron chi connectivity index (χ0n) is 16.8. The molecule has 0 aliphatic carbocycles. The topological polar surface area (TPSA) is 101 Å². The summed E-state index contributed by atoms with van der Waals surface area (Å²) in [5.74, 6) is -0.244. The van der Waals surface area contributed by atoms with Gasteiger partial charge < -0.3 is 10.3 Å². The van der Waals surface area contributed by atoms with E-state index in [1.165, 1.54) is 0 Å². The van der Waals surface area contributed by atoms with Crippen molar-refractivity contribution in [3.05, 3.63) is 71.3 Å². The van der Waals surface area contributed by atoms with Crippen molar-refractivity contribution >= 4 is 39.6 Å². The molecular formula is C22H18ClN7O. The lowest BCUT2D eigenvalue weighted by Crippen LogP contribution is -2.26. The average molecular weight is 432 g/mol. The van der Waals surface area contributed by atoms with Gasteiger partial charge in [0.2, 0.25) is 0 Å². The van der Waals surface area contributed by atoms with Crippen LogP contribution in [-0.4, -0.2) is 35.6 Å². The number of carbonyl (C=O) groups excluding carboxylic acids is 1. The first kappa shape index (κ1) is 19.2. The van der Waals surface area contributed by atoms with Gasteiger partial charge >= 0.3 is 0 Å². The van der Waals surface area contributed by atoms with E-state index < -0.39 is 0 Å². The van der Waals surface area contributed by atoms with Crippen molar-refractivity contribution in [1.82, 2.24) is 35.0 Å². The van der Waals surface area contributed by atoms with Gasteiger partial charge in [-0.1, -0.05) is 17.7 Å². The maximum atomic E-state index is 13.0. The minimum atomic E-state index is -0.244. The zero-order chi connectivity index (χ0) is 21.5. The molecule has 4 heterocycles. The monoisotopic (exact) mass is 431 g/mol. The van der Waals surface area contributed by atoms with Crippen molar-refractivity contribution < 1.29 is 4.79 Å². The number of aromatic nitrogens is 6. The van der Waals surface area contributed by atoms with Crippen molar-refractivity contribution in [2.24, 2.45) is 7.05 Å². The van der Waals surface area contributed by atoms with E-state index in [0.717, 1.165) is 16.5 Å². The van der Waals surface area contributed by atoms with Crippen LogP contribution in [0.2, 0.25) is 5.02 Å². The molecule has 9 heteroatoms. The molecule has 31 heavy (non-hydrogen) atoms. The van der Waals surface area contributed by atoms with Gasteiger partial charge in [-0.2, -0.15) is 5.10 Å². The molecule has 0 aliphatic rings. The second-order valence-corrected chi connectivity index (χ2v) is 7.71. The maximum absolute atomic E-state index is 13.0. The largest absolute Gasteiger partial charge is 0.345 e. The first-order valence-electron chi connectivity index (χ1n) is 9.69. The molecule has 154 valence electrons. The summed E-state index contributed by atoms with van der Waals surface area (Å²) in [6.07, 6.45) is 6.70. The lowest BCUT2D eigenvalue weighted by Gasteiger charge is -2.13. The van der Waals surface area contributed by atoms with E-state index in [-0.39, 0.29) is 11.9 Å². The number of rotatable bonds is 4. The molecular weight excluding hydrogens is 414 g/mol. The summed E-state index contributed by atoms with van der Waals surface area (Å²) in [5, 5.41) is 9.13. The summed E-state index contributed by atoms with van der Waals surface area (Å²) in [5.41, 5.74) is 4.51. The van der Waals surface area contributed by atoms with Crippen molar-refractivity contribution in [2.45, 2.75) is 13.0 Å². The Morgan fingerprint density at radius 3 is 2.94 bits per heavy atom. The van der Waals surface area contributed by atoms with Gasteiger partial charge in [-0.05, 0) is 36.8 Å². The molecule has 0 aliphatic heterocycles. The van der Waals surface area contributed by atoms with Crippen molar-refractivity contribution in [3.8, 4) is 11.4 Å². The number of aryl methyl sites for hydroxylation is 1. The van der Waals surface area contributed by atoms with Crippen LogP contribution >= 0.6 is 11.6 Å². The summed E-state index contributed by atoms with van der Waals surface area (Å²) in [4.78, 5) is 29.2. The minimum absolute atomic E-state index is 0.202. The SMILES string of the molecule is CC(NC(=O)c1c[nH]c2ncc(-c3nn(C)c4cc(Cl)ccc34)nc12)c1cccnc1. The first-order valence-corrected chi connectivity index (χ1v) is 10.1. The number of hydrogen-bond donors (Lipinski definition) is 2. The zero-order valence-corrected chi connectivity index (χ0v) is 17.6. The lowest BCUT2D eigenvalue weighted by atomic mass is 10.1. The number of amides is 1. The standard InChI is InChI=1S/C22H18ClN7O/c1-12(13-4-3-7-24-9-13)27-22(31)16-10-25-21-20(16)28-17(11-26-21)19-15-6-5-14(23)8-18(15)30(2)29-19/h3-12H,1-2H3,(H,25,26)(H,27,31). The van der Waals surface area contributed by atoms with Crippen LogP contribution in [0.3, 0.4) is 0 Å². The second kappa shape index (κ2) is 7.48. The number of H-pyrrole nitrogens is 1. The number of halogens is 1. The van der Waals surface area contributed by atoms with Crippen molar-refractivity contribution in [2.75, 3.05) is 0 Å². The third-order valence-electron chi connectivity index (χ3n) is 5.21. The number of aromatic amines is 1. The molecule has 0 radical (unpaired) electrons. The van der Waals surface area contributed by atoms with Crippen molar-refractivity contribution in [1.29, 1.82) is 0 Å². The summed E-state index contributed by atoms with van der Waals surface area (Å²) in [6, 6.07) is 9.14. The summed E-state index contributed by atoms with van der Waals surface area (Å²) in [6.45, 7) is 1.91. The fourth-order valence-corrected chi connectivity index (χ4v) is 3.75. The quantitative estimate of drug-likeness (QED) is 0.447. The number of pyridine rings is 1. The minimum Gasteiger partial charge on any atom is -0.345 e. The van der Waals surface area contributed by atoms with Gasteiger partial charge in [0.15, 0.2) is 5.65 Å². The van der Waals surface area contributed by atoms with Crippen molar-refractivity contribution in [3.63, 3.8) is 0 Å². The fraction of sp³-hybridized carbons (Fsp3) is 0.136. The van der Waals surface area contributed by atoms with Crippen LogP contribution in [-0.2, 0) is 7.05 Å². The summed E-state index contributed by atoms with van der Waals surface area (Å²) in [7, 11) is 1.85. The van der Waals surface area contributed by atoms with E-state index in [0.29, 0.717) is 33.1 Å². The fourth-order valence-electron chi connectivity index (χ4n) is 3.59. The number of nitrogens with one attached hydrogen (secondary N) is 2. The van der Waals surface area contributed by atoms with Gasteiger partial charge in [0.05, 0.1) is 23.3 Å². The van der Waals surface area contributed by atoms with E-state index in [1.54, 1.807) is 29.5 Å². The third kappa shape index (κ3) is 3.40. The predicted octanol–water partition coefficient (Wildman–Crippen LogP) is 4.05. The van der Waals surface area contributed by atoms with Gasteiger partial charge in [-0.15, -0.1) is 0 Å². The van der Waals surface area contributed by atoms with Gasteiger partial charge in [0, 0.05) is 36.0 Å². The van der Waals surface area contributed by atoms with Crippen LogP contribution in [0.25, 0.3) is 33.5 Å². The Kier molecular flexibility index (Phi) is 4.63. The molecule has 5 aromatic rings. The number of hydrogen-bond acceptors (Lipinski definition) is 5. The van der Waals surface area contributed by atoms with Crippen LogP contribution in [0.5, 0.6) is 0 Å². The highest BCUT2D eigenvalue weighted by atomic mass is 35.5. The Hall–Kier alpha value is -3.78. The average Bonchev–Trinajstić information content (AvgIpc) is 3.35. The molecule has 8 nitrogen and oxygen atoms in total. The van der Waals surface area contributed by atoms with Gasteiger partial charge in [0.25, 0.3) is 5.91 Å². The molecule has 4 aromatic heterocycles. The predicted molar refractivity (Wildman–Crippen MR) is 119 cm³/mol. The van der Waals surface area contributed by atoms with Crippen LogP contribution in [0.1, 0.15) is 28.9 Å². The lowest BCUT2D eigenvalue weighted by molar-refractivity contribution is 0.0941. The van der Waals surface area contributed by atoms with E-state index >= 15 is 0 Å². The third-order valence-corrected chi connectivity index (χ3v) is 5.45. The highest BCUT2D eigenvalue weighted by molar-refractivity contribution is 6.31. The summed E-state index contributed by atoms with van der Waals surface area (Å²) < 4.78 is 1.75. The Balaban J connectivity index is 1.53. The van der Waals surface area contributed by atoms with Gasteiger partial charge in [0.1, 0.15) is 16.9 Å². The smallest absolute Gasteiger partial charge is 0.255 e. The Labute approximate surface area is 182 Å². The first-order chi connectivity index (χ1) is 15.0. The second-order valence-electron chi connectivity index (χ2n) is 7.27. The van der Waals surface area contributed by atoms with E-state index in [1.807, 2.05) is 44.3 Å². The number of benzene rings is 1. The molecule has 1 atom stereocenters. The molecule has 0 spiro atoms. The molecule has 1 aromatic carbocycles. The van der Waals surface area contributed by atoms with E-state index in [2.05, 4.69) is 25.4 Å². The Morgan fingerprint density at radius 2 is 2.13 bits per heavy atom. The highest BCUT2D eigenvalue weighted by Gasteiger charge is 2.19. The maximum Gasteiger partial charge on any atom is 0.255 e. The molecule has 1 unspecified atom stereocenters. The van der Waals surface area contributed by atoms with Crippen LogP contribution in [0.15, 0.2) is 55.1 Å². The number of carbonyl (C=O) groups is 1. The highest BCUT2D eigenvalue weighted by Crippen LogP contribution is 2.29.